The number of rotatable bonds is 6. The van der Waals surface area contributed by atoms with Crippen molar-refractivity contribution in [2.75, 3.05) is 6.54 Å². The topological polar surface area (TPSA) is 12.0 Å². The molecule has 0 radical (unpaired) electrons. The van der Waals surface area contributed by atoms with E-state index in [4.69, 9.17) is 0 Å². The van der Waals surface area contributed by atoms with E-state index in [-0.39, 0.29) is 0 Å². The van der Waals surface area contributed by atoms with Gasteiger partial charge in [-0.25, -0.2) is 0 Å². The quantitative estimate of drug-likeness (QED) is 0.701. The Morgan fingerprint density at radius 3 is 2.73 bits per heavy atom. The molecule has 0 saturated heterocycles. The monoisotopic (exact) mass is 203 g/mol. The lowest BCUT2D eigenvalue weighted by Gasteiger charge is -2.03. The van der Waals surface area contributed by atoms with Gasteiger partial charge in [-0.05, 0) is 37.3 Å². The van der Waals surface area contributed by atoms with Gasteiger partial charge >= 0.3 is 0 Å². The predicted molar refractivity (Wildman–Crippen MR) is 65.0 cm³/mol. The van der Waals surface area contributed by atoms with Crippen molar-refractivity contribution in [2.24, 2.45) is 5.92 Å². The van der Waals surface area contributed by atoms with Crippen molar-refractivity contribution in [2.45, 2.75) is 38.6 Å². The summed E-state index contributed by atoms with van der Waals surface area (Å²) < 4.78 is 0. The van der Waals surface area contributed by atoms with Crippen LogP contribution in [0.15, 0.2) is 30.3 Å². The molecule has 0 bridgehead atoms. The molecule has 82 valence electrons. The molecule has 2 atom stereocenters. The van der Waals surface area contributed by atoms with Gasteiger partial charge in [0.05, 0.1) is 0 Å². The number of benzene rings is 1. The van der Waals surface area contributed by atoms with Gasteiger partial charge in [-0.15, -0.1) is 0 Å². The Hall–Kier alpha value is -0.820. The number of aryl methyl sites for hydroxylation is 1. The molecule has 1 N–H and O–H groups in total. The summed E-state index contributed by atoms with van der Waals surface area (Å²) in [7, 11) is 0. The molecular formula is C14H21N. The van der Waals surface area contributed by atoms with Crippen molar-refractivity contribution < 1.29 is 0 Å². The Kier molecular flexibility index (Phi) is 3.79. The Bertz CT molecular complexity index is 281. The van der Waals surface area contributed by atoms with Crippen LogP contribution in [-0.2, 0) is 6.42 Å². The first kappa shape index (κ1) is 10.7. The first-order valence-corrected chi connectivity index (χ1v) is 6.17. The smallest absolute Gasteiger partial charge is 0.00990 e. The highest BCUT2D eigenvalue weighted by Crippen LogP contribution is 2.32. The molecule has 1 fully saturated rings. The summed E-state index contributed by atoms with van der Waals surface area (Å²) in [5.74, 6) is 0.974. The first-order chi connectivity index (χ1) is 7.40. The van der Waals surface area contributed by atoms with Crippen molar-refractivity contribution in [3.05, 3.63) is 35.9 Å². The lowest BCUT2D eigenvalue weighted by molar-refractivity contribution is 0.602. The zero-order valence-electron chi connectivity index (χ0n) is 9.58. The van der Waals surface area contributed by atoms with Crippen LogP contribution in [0.1, 0.15) is 31.7 Å². The van der Waals surface area contributed by atoms with Gasteiger partial charge in [0.2, 0.25) is 0 Å². The van der Waals surface area contributed by atoms with E-state index in [1.807, 2.05) is 0 Å². The summed E-state index contributed by atoms with van der Waals surface area (Å²) in [6, 6.07) is 11.6. The zero-order chi connectivity index (χ0) is 10.5. The average Bonchev–Trinajstić information content (AvgIpc) is 3.05. The molecule has 2 rings (SSSR count). The molecular weight excluding hydrogens is 182 g/mol. The van der Waals surface area contributed by atoms with Crippen LogP contribution in [0.25, 0.3) is 0 Å². The van der Waals surface area contributed by atoms with Crippen LogP contribution in [0, 0.1) is 5.92 Å². The van der Waals surface area contributed by atoms with Gasteiger partial charge in [0.15, 0.2) is 0 Å². The summed E-state index contributed by atoms with van der Waals surface area (Å²) in [4.78, 5) is 0. The maximum Gasteiger partial charge on any atom is 0.00990 e. The van der Waals surface area contributed by atoms with Gasteiger partial charge in [0.25, 0.3) is 0 Å². The molecule has 1 nitrogen and oxygen atoms in total. The highest BCUT2D eigenvalue weighted by atomic mass is 15.0. The highest BCUT2D eigenvalue weighted by molar-refractivity contribution is 5.14. The highest BCUT2D eigenvalue weighted by Gasteiger charge is 2.34. The van der Waals surface area contributed by atoms with Gasteiger partial charge in [-0.2, -0.15) is 0 Å². The third kappa shape index (κ3) is 3.35. The van der Waals surface area contributed by atoms with E-state index >= 15 is 0 Å². The summed E-state index contributed by atoms with van der Waals surface area (Å²) in [6.07, 6.45) is 5.21. The molecule has 0 heterocycles. The summed E-state index contributed by atoms with van der Waals surface area (Å²) in [6.45, 7) is 3.46. The molecule has 0 aliphatic heterocycles. The van der Waals surface area contributed by atoms with Crippen molar-refractivity contribution in [3.63, 3.8) is 0 Å². The molecule has 0 spiro atoms. The van der Waals surface area contributed by atoms with Crippen molar-refractivity contribution in [3.8, 4) is 0 Å². The van der Waals surface area contributed by atoms with Gasteiger partial charge in [0.1, 0.15) is 0 Å². The van der Waals surface area contributed by atoms with E-state index in [9.17, 15) is 0 Å². The standard InChI is InChI=1S/C14H21N/c1-2-13-11-14(13)15-10-6-9-12-7-4-3-5-8-12/h3-5,7-8,13-15H,2,6,9-11H2,1H3. The van der Waals surface area contributed by atoms with Crippen molar-refractivity contribution >= 4 is 0 Å². The Labute approximate surface area is 92.9 Å². The van der Waals surface area contributed by atoms with Gasteiger partial charge < -0.3 is 5.32 Å². The second-order valence-corrected chi connectivity index (χ2v) is 4.55. The van der Waals surface area contributed by atoms with Crippen molar-refractivity contribution in [1.29, 1.82) is 0 Å². The Balaban J connectivity index is 1.56. The number of hydrogen-bond donors (Lipinski definition) is 1. The maximum absolute atomic E-state index is 3.63. The number of nitrogens with one attached hydrogen (secondary N) is 1. The third-order valence-electron chi connectivity index (χ3n) is 3.34. The van der Waals surface area contributed by atoms with E-state index in [1.165, 1.54) is 37.8 Å². The van der Waals surface area contributed by atoms with Crippen LogP contribution in [-0.4, -0.2) is 12.6 Å². The van der Waals surface area contributed by atoms with Crippen LogP contribution in [0.4, 0.5) is 0 Å². The van der Waals surface area contributed by atoms with E-state index in [1.54, 1.807) is 0 Å². The molecule has 1 aliphatic rings. The van der Waals surface area contributed by atoms with Crippen LogP contribution in [0.2, 0.25) is 0 Å². The average molecular weight is 203 g/mol. The molecule has 15 heavy (non-hydrogen) atoms. The lowest BCUT2D eigenvalue weighted by atomic mass is 10.1. The molecule has 0 aromatic heterocycles. The molecule has 1 aromatic carbocycles. The van der Waals surface area contributed by atoms with E-state index in [0.717, 1.165) is 12.0 Å². The predicted octanol–water partition coefficient (Wildman–Crippen LogP) is 3.01. The fraction of sp³-hybridized carbons (Fsp3) is 0.571. The van der Waals surface area contributed by atoms with E-state index < -0.39 is 0 Å². The summed E-state index contributed by atoms with van der Waals surface area (Å²) in [5, 5.41) is 3.63. The van der Waals surface area contributed by atoms with Crippen LogP contribution < -0.4 is 5.32 Å². The normalized spacial score (nSPS) is 24.1. The Morgan fingerprint density at radius 2 is 2.07 bits per heavy atom. The fourth-order valence-corrected chi connectivity index (χ4v) is 2.17. The molecule has 1 aromatic rings. The SMILES string of the molecule is CCC1CC1NCCCc1ccccc1. The van der Waals surface area contributed by atoms with E-state index in [2.05, 4.69) is 42.6 Å². The molecule has 1 saturated carbocycles. The maximum atomic E-state index is 3.63. The van der Waals surface area contributed by atoms with Gasteiger partial charge in [0, 0.05) is 6.04 Å². The summed E-state index contributed by atoms with van der Waals surface area (Å²) >= 11 is 0. The fourth-order valence-electron chi connectivity index (χ4n) is 2.17. The molecule has 2 unspecified atom stereocenters. The second kappa shape index (κ2) is 5.32. The van der Waals surface area contributed by atoms with Gasteiger partial charge in [-0.1, -0.05) is 43.7 Å². The minimum atomic E-state index is 0.839. The Morgan fingerprint density at radius 1 is 1.27 bits per heavy atom. The second-order valence-electron chi connectivity index (χ2n) is 4.55. The van der Waals surface area contributed by atoms with E-state index in [0.29, 0.717) is 0 Å². The van der Waals surface area contributed by atoms with Crippen LogP contribution in [0.3, 0.4) is 0 Å². The lowest BCUT2D eigenvalue weighted by Crippen LogP contribution is -2.19. The molecule has 1 aliphatic carbocycles. The zero-order valence-corrected chi connectivity index (χ0v) is 9.58. The van der Waals surface area contributed by atoms with Crippen LogP contribution in [0.5, 0.6) is 0 Å². The molecule has 0 amide bonds. The minimum absolute atomic E-state index is 0.839. The summed E-state index contributed by atoms with van der Waals surface area (Å²) in [5.41, 5.74) is 1.46. The van der Waals surface area contributed by atoms with Gasteiger partial charge in [-0.3, -0.25) is 0 Å². The largest absolute Gasteiger partial charge is 0.314 e. The minimum Gasteiger partial charge on any atom is -0.314 e. The van der Waals surface area contributed by atoms with Crippen molar-refractivity contribution in [1.82, 2.24) is 5.32 Å². The van der Waals surface area contributed by atoms with Crippen LogP contribution >= 0.6 is 0 Å². The first-order valence-electron chi connectivity index (χ1n) is 6.17. The molecule has 1 heteroatoms. The number of hydrogen-bond acceptors (Lipinski definition) is 1. The third-order valence-corrected chi connectivity index (χ3v) is 3.34.